The number of rotatable bonds is 2. The second-order valence-corrected chi connectivity index (χ2v) is 7.52. The maximum Gasteiger partial charge on any atom is 0.0120 e. The van der Waals surface area contributed by atoms with Crippen molar-refractivity contribution in [2.45, 2.75) is 85.2 Å². The molecule has 3 saturated heterocycles. The highest BCUT2D eigenvalue weighted by Crippen LogP contribution is 2.26. The molecule has 3 heteroatoms. The molecule has 3 aliphatic heterocycles. The van der Waals surface area contributed by atoms with Crippen molar-refractivity contribution in [1.29, 1.82) is 0 Å². The molecule has 3 heterocycles. The zero-order valence-electron chi connectivity index (χ0n) is 17.6. The lowest BCUT2D eigenvalue weighted by molar-refractivity contribution is 0.0465. The Morgan fingerprint density at radius 3 is 1.29 bits per heavy atom. The van der Waals surface area contributed by atoms with Gasteiger partial charge in [0, 0.05) is 12.1 Å². The van der Waals surface area contributed by atoms with Crippen molar-refractivity contribution >= 4 is 0 Å². The van der Waals surface area contributed by atoms with E-state index in [4.69, 9.17) is 0 Å². The first kappa shape index (κ1) is 21.9. The first-order valence-electron chi connectivity index (χ1n) is 10.9. The summed E-state index contributed by atoms with van der Waals surface area (Å²) in [5.41, 5.74) is 0. The molecule has 3 aliphatic rings. The lowest BCUT2D eigenvalue weighted by Crippen LogP contribution is -2.51. The molecule has 0 aromatic carbocycles. The van der Waals surface area contributed by atoms with Crippen molar-refractivity contribution in [3.63, 3.8) is 0 Å². The van der Waals surface area contributed by atoms with Crippen molar-refractivity contribution in [2.75, 3.05) is 46.3 Å². The van der Waals surface area contributed by atoms with Gasteiger partial charge >= 0.3 is 0 Å². The van der Waals surface area contributed by atoms with Crippen molar-refractivity contribution in [3.8, 4) is 0 Å². The zero-order chi connectivity index (χ0) is 17.9. The SMILES string of the molecule is CC.CC.CC1CCN(C2CCN(C3CCN(C)CC3)CC2)CC1. The molecular weight excluding hydrogens is 294 g/mol. The monoisotopic (exact) mass is 339 g/mol. The molecule has 0 amide bonds. The van der Waals surface area contributed by atoms with Crippen LogP contribution >= 0.6 is 0 Å². The van der Waals surface area contributed by atoms with Gasteiger partial charge in [0.1, 0.15) is 0 Å². The van der Waals surface area contributed by atoms with E-state index in [9.17, 15) is 0 Å². The van der Waals surface area contributed by atoms with E-state index in [1.54, 1.807) is 0 Å². The fourth-order valence-electron chi connectivity index (χ4n) is 4.37. The Hall–Kier alpha value is -0.120. The Balaban J connectivity index is 0.000000671. The van der Waals surface area contributed by atoms with E-state index in [0.717, 1.165) is 18.0 Å². The maximum atomic E-state index is 2.80. The van der Waals surface area contributed by atoms with Crippen LogP contribution in [-0.4, -0.2) is 73.1 Å². The molecule has 0 saturated carbocycles. The molecule has 0 bridgehead atoms. The van der Waals surface area contributed by atoms with Crippen LogP contribution in [0.5, 0.6) is 0 Å². The van der Waals surface area contributed by atoms with Gasteiger partial charge in [-0.25, -0.2) is 0 Å². The summed E-state index contributed by atoms with van der Waals surface area (Å²) in [6.07, 6.45) is 8.47. The fourth-order valence-corrected chi connectivity index (χ4v) is 4.37. The van der Waals surface area contributed by atoms with Crippen LogP contribution in [0.15, 0.2) is 0 Å². The molecule has 3 fully saturated rings. The van der Waals surface area contributed by atoms with Crippen LogP contribution < -0.4 is 0 Å². The van der Waals surface area contributed by atoms with Crippen LogP contribution in [0.3, 0.4) is 0 Å². The molecule has 0 radical (unpaired) electrons. The van der Waals surface area contributed by atoms with E-state index >= 15 is 0 Å². The van der Waals surface area contributed by atoms with E-state index in [-0.39, 0.29) is 0 Å². The van der Waals surface area contributed by atoms with Gasteiger partial charge in [0.15, 0.2) is 0 Å². The summed E-state index contributed by atoms with van der Waals surface area (Å²) >= 11 is 0. The third-order valence-corrected chi connectivity index (χ3v) is 6.04. The van der Waals surface area contributed by atoms with Gasteiger partial charge in [-0.3, -0.25) is 0 Å². The van der Waals surface area contributed by atoms with Crippen molar-refractivity contribution in [3.05, 3.63) is 0 Å². The third kappa shape index (κ3) is 6.65. The van der Waals surface area contributed by atoms with E-state index in [1.807, 2.05) is 27.7 Å². The molecule has 3 rings (SSSR count). The second kappa shape index (κ2) is 12.3. The number of hydrogen-bond acceptors (Lipinski definition) is 3. The first-order chi connectivity index (χ1) is 11.7. The van der Waals surface area contributed by atoms with Gasteiger partial charge in [-0.15, -0.1) is 0 Å². The summed E-state index contributed by atoms with van der Waals surface area (Å²) in [4.78, 5) is 8.08. The van der Waals surface area contributed by atoms with Crippen LogP contribution in [0.4, 0.5) is 0 Å². The Labute approximate surface area is 152 Å². The van der Waals surface area contributed by atoms with Gasteiger partial charge in [0.2, 0.25) is 0 Å². The van der Waals surface area contributed by atoms with E-state index in [2.05, 4.69) is 28.7 Å². The Morgan fingerprint density at radius 2 is 0.875 bits per heavy atom. The molecule has 144 valence electrons. The van der Waals surface area contributed by atoms with Gasteiger partial charge in [-0.2, -0.15) is 0 Å². The highest BCUT2D eigenvalue weighted by atomic mass is 15.2. The zero-order valence-corrected chi connectivity index (χ0v) is 17.6. The van der Waals surface area contributed by atoms with Crippen molar-refractivity contribution in [1.82, 2.24) is 14.7 Å². The predicted octanol–water partition coefficient (Wildman–Crippen LogP) is 4.33. The van der Waals surface area contributed by atoms with Crippen LogP contribution in [0.2, 0.25) is 0 Å². The molecule has 0 aromatic rings. The van der Waals surface area contributed by atoms with E-state index in [0.29, 0.717) is 0 Å². The quantitative estimate of drug-likeness (QED) is 0.741. The standard InChI is InChI=1S/C17H33N3.2C2H6/c1-15-3-11-19(12-4-15)17-7-13-20(14-8-17)16-5-9-18(2)10-6-16;2*1-2/h15-17H,3-14H2,1-2H3;2*1-2H3. The molecule has 0 spiro atoms. The summed E-state index contributed by atoms with van der Waals surface area (Å²) in [5, 5.41) is 0. The lowest BCUT2D eigenvalue weighted by atomic mass is 9.93. The minimum absolute atomic E-state index is 0.883. The van der Waals surface area contributed by atoms with Crippen molar-refractivity contribution < 1.29 is 0 Å². The van der Waals surface area contributed by atoms with Gasteiger partial charge in [-0.1, -0.05) is 34.6 Å². The largest absolute Gasteiger partial charge is 0.306 e. The molecule has 0 unspecified atom stereocenters. The smallest absolute Gasteiger partial charge is 0.0120 e. The summed E-state index contributed by atoms with van der Waals surface area (Å²) in [5.74, 6) is 0.963. The first-order valence-corrected chi connectivity index (χ1v) is 10.9. The minimum atomic E-state index is 0.883. The Kier molecular flexibility index (Phi) is 11.2. The number of nitrogens with zero attached hydrogens (tertiary/aromatic N) is 3. The fraction of sp³-hybridized carbons (Fsp3) is 1.00. The van der Waals surface area contributed by atoms with Crippen LogP contribution in [0.25, 0.3) is 0 Å². The van der Waals surface area contributed by atoms with Crippen LogP contribution in [-0.2, 0) is 0 Å². The molecule has 0 N–H and O–H groups in total. The van der Waals surface area contributed by atoms with Gasteiger partial charge in [0.05, 0.1) is 0 Å². The molecule has 24 heavy (non-hydrogen) atoms. The number of likely N-dealkylation sites (tertiary alicyclic amines) is 3. The van der Waals surface area contributed by atoms with Crippen LogP contribution in [0, 0.1) is 5.92 Å². The normalized spacial score (nSPS) is 26.2. The Bertz CT molecular complexity index is 253. The highest BCUT2D eigenvalue weighted by molar-refractivity contribution is 4.86. The minimum Gasteiger partial charge on any atom is -0.306 e. The maximum absolute atomic E-state index is 2.80. The van der Waals surface area contributed by atoms with Gasteiger partial charge in [0.25, 0.3) is 0 Å². The summed E-state index contributed by atoms with van der Waals surface area (Å²) in [7, 11) is 2.26. The molecule has 3 nitrogen and oxygen atoms in total. The topological polar surface area (TPSA) is 9.72 Å². The predicted molar refractivity (Wildman–Crippen MR) is 108 cm³/mol. The summed E-state index contributed by atoms with van der Waals surface area (Å²) in [6.45, 7) is 18.4. The van der Waals surface area contributed by atoms with E-state index in [1.165, 1.54) is 77.8 Å². The average Bonchev–Trinajstić information content (AvgIpc) is 2.66. The molecule has 0 aliphatic carbocycles. The molecular formula is C21H45N3. The number of piperidine rings is 3. The molecule has 0 atom stereocenters. The average molecular weight is 340 g/mol. The van der Waals surface area contributed by atoms with Crippen LogP contribution in [0.1, 0.15) is 73.1 Å². The Morgan fingerprint density at radius 1 is 0.542 bits per heavy atom. The molecule has 0 aromatic heterocycles. The number of hydrogen-bond donors (Lipinski definition) is 0. The van der Waals surface area contributed by atoms with E-state index < -0.39 is 0 Å². The second-order valence-electron chi connectivity index (χ2n) is 7.52. The van der Waals surface area contributed by atoms with Crippen molar-refractivity contribution in [2.24, 2.45) is 5.92 Å². The highest BCUT2D eigenvalue weighted by Gasteiger charge is 2.30. The lowest BCUT2D eigenvalue weighted by Gasteiger charge is -2.45. The summed E-state index contributed by atoms with van der Waals surface area (Å²) < 4.78 is 0. The van der Waals surface area contributed by atoms with Gasteiger partial charge < -0.3 is 14.7 Å². The summed E-state index contributed by atoms with van der Waals surface area (Å²) in [6, 6.07) is 1.78. The van der Waals surface area contributed by atoms with Gasteiger partial charge in [-0.05, 0) is 90.8 Å². The third-order valence-electron chi connectivity index (χ3n) is 6.04.